The van der Waals surface area contributed by atoms with Gasteiger partial charge < -0.3 is 0 Å². The number of hydrogen-bond donors (Lipinski definition) is 2. The smallest absolute Gasteiger partial charge is 0.252 e. The Bertz CT molecular complexity index is 928. The van der Waals surface area contributed by atoms with Crippen LogP contribution < -0.4 is 0 Å². The summed E-state index contributed by atoms with van der Waals surface area (Å²) in [7, 11) is 0. The van der Waals surface area contributed by atoms with Crippen LogP contribution in [0, 0.1) is 34.6 Å². The molecule has 2 aromatic carbocycles. The molecule has 0 saturated heterocycles. The summed E-state index contributed by atoms with van der Waals surface area (Å²) in [5.41, 5.74) is 7.02. The third-order valence-corrected chi connectivity index (χ3v) is 5.95. The van der Waals surface area contributed by atoms with E-state index < -0.39 is 11.9 Å². The molecule has 0 aliphatic carbocycles. The van der Waals surface area contributed by atoms with Gasteiger partial charge >= 0.3 is 11.9 Å². The molecule has 0 spiro atoms. The quantitative estimate of drug-likeness (QED) is 0.110. The standard InChI is InChI=1S/C14H10O4.C12H25O2.C5H9N3/c15-13(11-7-3-1-4-8-11)17-18-14(16)12-9-5-2-6-10-12;1-5-6-7-8-9-12(10(2)3)11(4)14-13;1-5(4-6)2-3-8-7/h1-10H;11-13H,5-9H2,1-4H3;5,7H,2-3H2,1H3. The second-order valence-electron chi connectivity index (χ2n) is 9.52. The average molecular weight is 555 g/mol. The summed E-state index contributed by atoms with van der Waals surface area (Å²) in [5, 5.41) is 20.0. The summed E-state index contributed by atoms with van der Waals surface area (Å²) in [6, 6.07) is 18.6. The molecule has 0 aromatic heterocycles. The minimum Gasteiger partial charge on any atom is -0.252 e. The van der Waals surface area contributed by atoms with Crippen molar-refractivity contribution in [3.8, 4) is 6.07 Å². The van der Waals surface area contributed by atoms with Gasteiger partial charge in [0, 0.05) is 5.92 Å². The van der Waals surface area contributed by atoms with Crippen LogP contribution in [0.25, 0.3) is 0 Å². The first kappa shape index (κ1) is 36.4. The number of benzene rings is 2. The van der Waals surface area contributed by atoms with Crippen LogP contribution in [0.15, 0.2) is 65.8 Å². The number of hydrogen-bond acceptors (Lipinski definition) is 9. The fraction of sp³-hybridized carbons (Fsp3) is 0.484. The molecule has 3 unspecified atom stereocenters. The van der Waals surface area contributed by atoms with Crippen molar-refractivity contribution in [1.29, 1.82) is 10.8 Å². The molecule has 0 aliphatic rings. The topological polar surface area (TPSA) is 142 Å². The van der Waals surface area contributed by atoms with E-state index in [0.717, 1.165) is 6.42 Å². The van der Waals surface area contributed by atoms with E-state index in [1.807, 2.05) is 13.8 Å². The Labute approximate surface area is 238 Å². The van der Waals surface area contributed by atoms with Gasteiger partial charge in [0.15, 0.2) is 0 Å². The molecule has 3 atom stereocenters. The predicted octanol–water partition coefficient (Wildman–Crippen LogP) is 8.25. The van der Waals surface area contributed by atoms with Gasteiger partial charge in [0.25, 0.3) is 0 Å². The van der Waals surface area contributed by atoms with E-state index >= 15 is 0 Å². The van der Waals surface area contributed by atoms with Crippen LogP contribution in [0.4, 0.5) is 0 Å². The van der Waals surface area contributed by atoms with Crippen molar-refractivity contribution in [2.75, 3.05) is 6.54 Å². The summed E-state index contributed by atoms with van der Waals surface area (Å²) in [4.78, 5) is 36.3. The number of carbonyl (C=O) groups excluding carboxylic acids is 2. The lowest BCUT2D eigenvalue weighted by Gasteiger charge is -2.24. The molecule has 2 aromatic rings. The first-order valence-electron chi connectivity index (χ1n) is 13.6. The zero-order valence-corrected chi connectivity index (χ0v) is 24.3. The lowest BCUT2D eigenvalue weighted by atomic mass is 9.86. The largest absolute Gasteiger partial charge is 0.386 e. The zero-order valence-electron chi connectivity index (χ0n) is 24.3. The van der Waals surface area contributed by atoms with Crippen LogP contribution in [0.2, 0.25) is 0 Å². The van der Waals surface area contributed by atoms with Crippen LogP contribution in [0.3, 0.4) is 0 Å². The summed E-state index contributed by atoms with van der Waals surface area (Å²) >= 11 is 0. The minimum atomic E-state index is -0.708. The third-order valence-electron chi connectivity index (χ3n) is 5.95. The first-order chi connectivity index (χ1) is 19.2. The van der Waals surface area contributed by atoms with Gasteiger partial charge in [0.1, 0.15) is 0 Å². The molecule has 0 aliphatic heterocycles. The second kappa shape index (κ2) is 23.3. The Balaban J connectivity index is 0.000000617. The summed E-state index contributed by atoms with van der Waals surface area (Å²) in [6.45, 7) is 10.7. The van der Waals surface area contributed by atoms with E-state index in [-0.39, 0.29) is 12.0 Å². The number of nitriles is 1. The Kier molecular flexibility index (Phi) is 21.2. The summed E-state index contributed by atoms with van der Waals surface area (Å²) in [6.07, 6.45) is 6.87. The Hall–Kier alpha value is -3.61. The normalized spacial score (nSPS) is 12.2. The highest BCUT2D eigenvalue weighted by Crippen LogP contribution is 2.25. The van der Waals surface area contributed by atoms with Crippen LogP contribution >= 0.6 is 0 Å². The minimum absolute atomic E-state index is 0.0455. The molecule has 0 amide bonds. The van der Waals surface area contributed by atoms with E-state index in [1.165, 1.54) is 31.6 Å². The lowest BCUT2D eigenvalue weighted by molar-refractivity contribution is -0.284. The highest BCUT2D eigenvalue weighted by atomic mass is 17.2. The molecule has 1 radical (unpaired) electrons. The van der Waals surface area contributed by atoms with Crippen molar-refractivity contribution in [2.45, 2.75) is 79.2 Å². The van der Waals surface area contributed by atoms with Gasteiger partial charge in [-0.2, -0.15) is 10.4 Å². The monoisotopic (exact) mass is 554 g/mol. The van der Waals surface area contributed by atoms with E-state index in [1.54, 1.807) is 60.7 Å². The molecule has 0 saturated carbocycles. The van der Waals surface area contributed by atoms with Crippen LogP contribution in [-0.4, -0.2) is 29.8 Å². The van der Waals surface area contributed by atoms with Gasteiger partial charge in [-0.05, 0) is 62.8 Å². The molecule has 2 N–H and O–H groups in total. The van der Waals surface area contributed by atoms with Crippen LogP contribution in [0.5, 0.6) is 0 Å². The maximum Gasteiger partial charge on any atom is 0.386 e. The van der Waals surface area contributed by atoms with Gasteiger partial charge in [0.05, 0.1) is 29.8 Å². The lowest BCUT2D eigenvalue weighted by Crippen LogP contribution is -2.23. The van der Waals surface area contributed by atoms with Crippen molar-refractivity contribution in [3.63, 3.8) is 0 Å². The van der Waals surface area contributed by atoms with Crippen molar-refractivity contribution in [3.05, 3.63) is 77.7 Å². The van der Waals surface area contributed by atoms with E-state index in [2.05, 4.69) is 46.6 Å². The Morgan fingerprint density at radius 3 is 1.77 bits per heavy atom. The van der Waals surface area contributed by atoms with Crippen molar-refractivity contribution in [2.24, 2.45) is 17.0 Å². The number of rotatable bonds is 13. The van der Waals surface area contributed by atoms with Gasteiger partial charge in [-0.25, -0.2) is 29.8 Å². The number of nitrogens with one attached hydrogen (secondary N) is 1. The second-order valence-corrected chi connectivity index (χ2v) is 9.52. The Morgan fingerprint density at radius 2 is 1.40 bits per heavy atom. The number of unbranched alkanes of at least 4 members (excludes halogenated alkanes) is 3. The fourth-order valence-corrected chi connectivity index (χ4v) is 3.50. The highest BCUT2D eigenvalue weighted by molar-refractivity contribution is 5.92. The molecule has 219 valence electrons. The van der Waals surface area contributed by atoms with Crippen LogP contribution in [0.1, 0.15) is 93.9 Å². The molecule has 9 heteroatoms. The van der Waals surface area contributed by atoms with E-state index in [0.29, 0.717) is 30.0 Å². The van der Waals surface area contributed by atoms with Gasteiger partial charge in [-0.3, -0.25) is 5.26 Å². The van der Waals surface area contributed by atoms with Crippen molar-refractivity contribution >= 4 is 11.9 Å². The van der Waals surface area contributed by atoms with Gasteiger partial charge in [0.2, 0.25) is 0 Å². The summed E-state index contributed by atoms with van der Waals surface area (Å²) in [5.74, 6) is 0.378. The molecule has 9 nitrogen and oxygen atoms in total. The number of nitrogens with zero attached hydrogens (tertiary/aromatic N) is 2. The molecule has 0 heterocycles. The maximum absolute atomic E-state index is 11.5. The highest BCUT2D eigenvalue weighted by Gasteiger charge is 2.21. The third kappa shape index (κ3) is 17.1. The van der Waals surface area contributed by atoms with Crippen molar-refractivity contribution < 1.29 is 29.5 Å². The first-order valence-corrected chi connectivity index (χ1v) is 13.6. The van der Waals surface area contributed by atoms with Gasteiger partial charge in [-0.1, -0.05) is 82.9 Å². The molecular weight excluding hydrogens is 510 g/mol. The molecule has 2 rings (SSSR count). The van der Waals surface area contributed by atoms with Crippen molar-refractivity contribution in [1.82, 2.24) is 0 Å². The van der Waals surface area contributed by atoms with E-state index in [9.17, 15) is 9.59 Å². The average Bonchev–Trinajstić information content (AvgIpc) is 2.99. The molecule has 0 bridgehead atoms. The SMILES string of the molecule is CC(C#N)CCN=N.CCCCCCC([C](C)C)C(C)OO.O=C(OOC(=O)c1ccccc1)c1ccccc1. The van der Waals surface area contributed by atoms with Gasteiger partial charge in [-0.15, -0.1) is 0 Å². The summed E-state index contributed by atoms with van der Waals surface area (Å²) < 4.78 is 0. The molecule has 40 heavy (non-hydrogen) atoms. The van der Waals surface area contributed by atoms with Crippen LogP contribution in [-0.2, 0) is 14.7 Å². The fourth-order valence-electron chi connectivity index (χ4n) is 3.50. The molecular formula is C31H44N3O6. The Morgan fingerprint density at radius 1 is 0.900 bits per heavy atom. The zero-order chi connectivity index (χ0) is 30.2. The molecule has 0 fully saturated rings. The van der Waals surface area contributed by atoms with E-state index in [4.69, 9.17) is 16.1 Å². The maximum atomic E-state index is 11.5. The number of carbonyl (C=O) groups is 2. The predicted molar refractivity (Wildman–Crippen MR) is 153 cm³/mol.